The van der Waals surface area contributed by atoms with E-state index in [2.05, 4.69) is 10.4 Å². The molecule has 0 unspecified atom stereocenters. The minimum atomic E-state index is -4.53. The average Bonchev–Trinajstić information content (AvgIpc) is 2.99. The van der Waals surface area contributed by atoms with Crippen LogP contribution in [0.5, 0.6) is 11.5 Å². The zero-order chi connectivity index (χ0) is 22.9. The maximum Gasteiger partial charge on any atom is 0.416 e. The first-order valence-corrected chi connectivity index (χ1v) is 9.52. The van der Waals surface area contributed by atoms with E-state index in [4.69, 9.17) is 4.74 Å². The van der Waals surface area contributed by atoms with Crippen LogP contribution in [-0.2, 0) is 13.2 Å². The predicted octanol–water partition coefficient (Wildman–Crippen LogP) is 6.16. The Hall–Kier alpha value is -2.77. The molecular formula is C19H12F6IN3O2. The molecule has 12 heteroatoms. The van der Waals surface area contributed by atoms with Gasteiger partial charge in [0.15, 0.2) is 5.75 Å². The first-order valence-electron chi connectivity index (χ1n) is 8.44. The van der Waals surface area contributed by atoms with Crippen LogP contribution in [0.1, 0.15) is 28.0 Å². The third-order valence-electron chi connectivity index (χ3n) is 4.05. The fourth-order valence-corrected chi connectivity index (χ4v) is 3.23. The molecule has 0 atom stereocenters. The quantitative estimate of drug-likeness (QED) is 0.303. The van der Waals surface area contributed by atoms with Crippen molar-refractivity contribution < 1.29 is 35.9 Å². The molecule has 1 aromatic heterocycles. The van der Waals surface area contributed by atoms with Gasteiger partial charge in [-0.2, -0.15) is 22.7 Å². The Labute approximate surface area is 185 Å². The van der Waals surface area contributed by atoms with Crippen LogP contribution in [0, 0.1) is 9.52 Å². The van der Waals surface area contributed by atoms with E-state index >= 15 is 0 Å². The lowest BCUT2D eigenvalue weighted by Gasteiger charge is -2.14. The van der Waals surface area contributed by atoms with Crippen molar-refractivity contribution in [3.63, 3.8) is 0 Å². The number of ether oxygens (including phenoxy) is 1. The molecule has 5 nitrogen and oxygen atoms in total. The highest BCUT2D eigenvalue weighted by molar-refractivity contribution is 14.1. The maximum absolute atomic E-state index is 14.2. The van der Waals surface area contributed by atoms with Gasteiger partial charge in [0.05, 0.1) is 14.8 Å². The minimum absolute atomic E-state index is 0.00772. The highest BCUT2D eigenvalue weighted by atomic mass is 127. The summed E-state index contributed by atoms with van der Waals surface area (Å²) < 4.78 is 85.2. The van der Waals surface area contributed by atoms with Gasteiger partial charge in [0.25, 0.3) is 12.3 Å². The van der Waals surface area contributed by atoms with Gasteiger partial charge < -0.3 is 10.1 Å². The van der Waals surface area contributed by atoms with Gasteiger partial charge in [-0.25, -0.2) is 13.5 Å². The number of nitrogens with zero attached hydrogens (tertiary/aromatic N) is 2. The van der Waals surface area contributed by atoms with Gasteiger partial charge in [0, 0.05) is 7.05 Å². The third kappa shape index (κ3) is 4.94. The van der Waals surface area contributed by atoms with Crippen LogP contribution >= 0.6 is 22.6 Å². The van der Waals surface area contributed by atoms with Crippen LogP contribution < -0.4 is 10.1 Å². The van der Waals surface area contributed by atoms with Crippen LogP contribution in [0.3, 0.4) is 0 Å². The van der Waals surface area contributed by atoms with Gasteiger partial charge in [-0.3, -0.25) is 4.79 Å². The van der Waals surface area contributed by atoms with Crippen molar-refractivity contribution in [2.24, 2.45) is 7.05 Å². The van der Waals surface area contributed by atoms with Gasteiger partial charge in [0.1, 0.15) is 17.0 Å². The molecule has 0 saturated carbocycles. The predicted molar refractivity (Wildman–Crippen MR) is 107 cm³/mol. The highest BCUT2D eigenvalue weighted by Crippen LogP contribution is 2.37. The normalized spacial score (nSPS) is 11.6. The fraction of sp³-hybridized carbons (Fsp3) is 0.158. The summed E-state index contributed by atoms with van der Waals surface area (Å²) in [5.41, 5.74) is -2.81. The number of carbonyl (C=O) groups excluding carboxylic acids is 1. The Bertz CT molecular complexity index is 1130. The van der Waals surface area contributed by atoms with Gasteiger partial charge >= 0.3 is 6.18 Å². The zero-order valence-electron chi connectivity index (χ0n) is 15.5. The molecule has 0 aliphatic carbocycles. The summed E-state index contributed by atoms with van der Waals surface area (Å²) in [4.78, 5) is 12.5. The molecular weight excluding hydrogens is 543 g/mol. The molecule has 0 spiro atoms. The molecule has 3 aromatic rings. The van der Waals surface area contributed by atoms with Crippen LogP contribution in [0.25, 0.3) is 0 Å². The van der Waals surface area contributed by atoms with Crippen molar-refractivity contribution in [3.8, 4) is 11.5 Å². The number of hydrogen-bond donors (Lipinski definition) is 1. The van der Waals surface area contributed by atoms with Crippen molar-refractivity contribution in [1.82, 2.24) is 9.78 Å². The molecule has 164 valence electrons. The first-order chi connectivity index (χ1) is 14.5. The van der Waals surface area contributed by atoms with Gasteiger partial charge in [0.2, 0.25) is 5.95 Å². The second kappa shape index (κ2) is 8.77. The molecule has 0 fully saturated rings. The van der Waals surface area contributed by atoms with Crippen molar-refractivity contribution in [1.29, 1.82) is 0 Å². The molecule has 1 amide bonds. The monoisotopic (exact) mass is 555 g/mol. The molecule has 1 N–H and O–H groups in total. The highest BCUT2D eigenvalue weighted by Gasteiger charge is 2.31. The standard InChI is InChI=1S/C19H12F6IN3O2/c1-29-17(22)14(15(28-29)16(20)21)18(30)27-11-4-2-3-5-13(11)31-12-7-6-9(8-10(12)26)19(23,24)25/h2-8,16H,1H3,(H,27,30). The molecule has 0 aliphatic heterocycles. The smallest absolute Gasteiger partial charge is 0.416 e. The Morgan fingerprint density at radius 1 is 1.16 bits per heavy atom. The lowest BCUT2D eigenvalue weighted by Crippen LogP contribution is -2.16. The molecule has 0 saturated heterocycles. The largest absolute Gasteiger partial charge is 0.454 e. The van der Waals surface area contributed by atoms with Gasteiger partial charge in [-0.05, 0) is 52.9 Å². The Morgan fingerprint density at radius 3 is 2.45 bits per heavy atom. The lowest BCUT2D eigenvalue weighted by molar-refractivity contribution is -0.137. The molecule has 0 bridgehead atoms. The van der Waals surface area contributed by atoms with E-state index in [-0.39, 0.29) is 20.8 Å². The number of para-hydroxylation sites is 2. The van der Waals surface area contributed by atoms with Crippen molar-refractivity contribution in [2.75, 3.05) is 5.32 Å². The van der Waals surface area contributed by atoms with Crippen molar-refractivity contribution >= 4 is 34.2 Å². The van der Waals surface area contributed by atoms with E-state index < -0.39 is 41.3 Å². The summed E-state index contributed by atoms with van der Waals surface area (Å²) in [6.45, 7) is 0. The minimum Gasteiger partial charge on any atom is -0.454 e. The summed E-state index contributed by atoms with van der Waals surface area (Å²) in [5.74, 6) is -2.35. The molecule has 3 rings (SSSR count). The number of aryl methyl sites for hydroxylation is 1. The number of anilines is 1. The number of aromatic nitrogens is 2. The van der Waals surface area contributed by atoms with Gasteiger partial charge in [-0.1, -0.05) is 12.1 Å². The topological polar surface area (TPSA) is 56.2 Å². The SMILES string of the molecule is Cn1nc(C(F)F)c(C(=O)Nc2ccccc2Oc2ccc(C(F)(F)F)cc2I)c1F. The molecule has 1 heterocycles. The third-order valence-corrected chi connectivity index (χ3v) is 4.90. The second-order valence-electron chi connectivity index (χ2n) is 6.17. The molecule has 2 aromatic carbocycles. The Kier molecular flexibility index (Phi) is 6.48. The number of hydrogen-bond acceptors (Lipinski definition) is 3. The van der Waals surface area contributed by atoms with E-state index in [9.17, 15) is 31.1 Å². The van der Waals surface area contributed by atoms with Crippen LogP contribution in [-0.4, -0.2) is 15.7 Å². The van der Waals surface area contributed by atoms with Crippen molar-refractivity contribution in [2.45, 2.75) is 12.6 Å². The number of halogens is 7. The second-order valence-corrected chi connectivity index (χ2v) is 7.33. The summed E-state index contributed by atoms with van der Waals surface area (Å²) >= 11 is 1.66. The van der Waals surface area contributed by atoms with Crippen LogP contribution in [0.15, 0.2) is 42.5 Å². The van der Waals surface area contributed by atoms with E-state index in [0.717, 1.165) is 25.2 Å². The lowest BCUT2D eigenvalue weighted by atomic mass is 10.2. The number of benzene rings is 2. The van der Waals surface area contributed by atoms with E-state index in [0.29, 0.717) is 4.68 Å². The summed E-state index contributed by atoms with van der Waals surface area (Å²) in [6, 6.07) is 8.61. The van der Waals surface area contributed by atoms with E-state index in [1.807, 2.05) is 0 Å². The number of rotatable bonds is 5. The molecule has 0 aliphatic rings. The summed E-state index contributed by atoms with van der Waals surface area (Å²) in [6.07, 6.45) is -7.71. The van der Waals surface area contributed by atoms with Gasteiger partial charge in [-0.15, -0.1) is 0 Å². The van der Waals surface area contributed by atoms with Crippen LogP contribution in [0.2, 0.25) is 0 Å². The zero-order valence-corrected chi connectivity index (χ0v) is 17.6. The average molecular weight is 555 g/mol. The first kappa shape index (κ1) is 22.9. The van der Waals surface area contributed by atoms with E-state index in [1.165, 1.54) is 24.3 Å². The molecule has 0 radical (unpaired) electrons. The molecule has 31 heavy (non-hydrogen) atoms. The number of alkyl halides is 5. The summed E-state index contributed by atoms with van der Waals surface area (Å²) in [5, 5.41) is 5.59. The van der Waals surface area contributed by atoms with E-state index in [1.54, 1.807) is 22.6 Å². The Morgan fingerprint density at radius 2 is 1.84 bits per heavy atom. The van der Waals surface area contributed by atoms with Crippen LogP contribution in [0.4, 0.5) is 32.0 Å². The number of amides is 1. The van der Waals surface area contributed by atoms with Crippen molar-refractivity contribution in [3.05, 3.63) is 68.8 Å². The maximum atomic E-state index is 14.2. The number of carbonyl (C=O) groups is 1. The summed E-state index contributed by atoms with van der Waals surface area (Å²) in [7, 11) is 1.07. The Balaban J connectivity index is 1.90. The number of nitrogens with one attached hydrogen (secondary N) is 1. The fourth-order valence-electron chi connectivity index (χ4n) is 2.61.